The Labute approximate surface area is 105 Å². The van der Waals surface area contributed by atoms with Crippen LogP contribution in [0, 0.1) is 5.82 Å². The summed E-state index contributed by atoms with van der Waals surface area (Å²) >= 11 is 0. The molecule has 0 fully saturated rings. The molecule has 2 aromatic rings. The maximum atomic E-state index is 12.9. The Morgan fingerprint density at radius 1 is 1.28 bits per heavy atom. The second-order valence-corrected chi connectivity index (χ2v) is 3.86. The van der Waals surface area contributed by atoms with Crippen LogP contribution in [-0.2, 0) is 11.3 Å². The Hall–Kier alpha value is -2.10. The van der Waals surface area contributed by atoms with E-state index in [0.29, 0.717) is 12.2 Å². The SMILES string of the molecule is CCn1ccc(-c2ccc(F)cc2)c1C(=O)OC. The average molecular weight is 247 g/mol. The fourth-order valence-corrected chi connectivity index (χ4v) is 1.92. The minimum absolute atomic E-state index is 0.298. The van der Waals surface area contributed by atoms with Crippen LogP contribution < -0.4 is 0 Å². The number of hydrogen-bond acceptors (Lipinski definition) is 2. The molecule has 0 amide bonds. The number of methoxy groups -OCH3 is 1. The standard InChI is InChI=1S/C14H14FNO2/c1-3-16-9-8-12(13(16)14(17)18-2)10-4-6-11(15)7-5-10/h4-9H,3H2,1-2H3. The summed E-state index contributed by atoms with van der Waals surface area (Å²) in [6.07, 6.45) is 1.82. The number of aryl methyl sites for hydroxylation is 1. The lowest BCUT2D eigenvalue weighted by Crippen LogP contribution is -2.10. The number of esters is 1. The first-order valence-corrected chi connectivity index (χ1v) is 5.70. The molecule has 4 heteroatoms. The zero-order chi connectivity index (χ0) is 13.1. The van der Waals surface area contributed by atoms with Gasteiger partial charge in [-0.2, -0.15) is 0 Å². The van der Waals surface area contributed by atoms with Crippen LogP contribution in [0.3, 0.4) is 0 Å². The molecule has 0 atom stereocenters. The third-order valence-electron chi connectivity index (χ3n) is 2.84. The maximum Gasteiger partial charge on any atom is 0.355 e. The van der Waals surface area contributed by atoms with Crippen molar-refractivity contribution in [2.75, 3.05) is 7.11 Å². The summed E-state index contributed by atoms with van der Waals surface area (Å²) in [6, 6.07) is 7.89. The lowest BCUT2D eigenvalue weighted by molar-refractivity contribution is 0.0589. The Bertz CT molecular complexity index is 558. The first-order valence-electron chi connectivity index (χ1n) is 5.70. The highest BCUT2D eigenvalue weighted by Crippen LogP contribution is 2.25. The quantitative estimate of drug-likeness (QED) is 0.780. The summed E-state index contributed by atoms with van der Waals surface area (Å²) in [7, 11) is 1.35. The number of rotatable bonds is 3. The Balaban J connectivity index is 2.54. The van der Waals surface area contributed by atoms with Crippen molar-refractivity contribution in [3.05, 3.63) is 48.0 Å². The highest BCUT2D eigenvalue weighted by Gasteiger charge is 2.18. The van der Waals surface area contributed by atoms with E-state index in [9.17, 15) is 9.18 Å². The molecule has 0 aliphatic rings. The smallest absolute Gasteiger partial charge is 0.355 e. The van der Waals surface area contributed by atoms with Gasteiger partial charge in [-0.05, 0) is 30.7 Å². The van der Waals surface area contributed by atoms with E-state index in [1.807, 2.05) is 23.8 Å². The van der Waals surface area contributed by atoms with Gasteiger partial charge in [0.2, 0.25) is 0 Å². The number of nitrogens with zero attached hydrogens (tertiary/aromatic N) is 1. The summed E-state index contributed by atoms with van der Waals surface area (Å²) in [5.41, 5.74) is 2.04. The van der Waals surface area contributed by atoms with Crippen molar-refractivity contribution in [3.63, 3.8) is 0 Å². The zero-order valence-corrected chi connectivity index (χ0v) is 10.3. The molecule has 0 radical (unpaired) electrons. The summed E-state index contributed by atoms with van der Waals surface area (Å²) in [6.45, 7) is 2.62. The van der Waals surface area contributed by atoms with E-state index < -0.39 is 0 Å². The molecule has 18 heavy (non-hydrogen) atoms. The van der Waals surface area contributed by atoms with Crippen LogP contribution in [0.5, 0.6) is 0 Å². The van der Waals surface area contributed by atoms with Crippen LogP contribution in [0.15, 0.2) is 36.5 Å². The van der Waals surface area contributed by atoms with Gasteiger partial charge in [-0.1, -0.05) is 12.1 Å². The molecule has 94 valence electrons. The van der Waals surface area contributed by atoms with Crippen molar-refractivity contribution in [2.24, 2.45) is 0 Å². The molecule has 1 heterocycles. The van der Waals surface area contributed by atoms with Gasteiger partial charge in [-0.25, -0.2) is 9.18 Å². The predicted molar refractivity (Wildman–Crippen MR) is 66.8 cm³/mol. The highest BCUT2D eigenvalue weighted by atomic mass is 19.1. The van der Waals surface area contributed by atoms with Crippen molar-refractivity contribution in [1.29, 1.82) is 0 Å². The monoisotopic (exact) mass is 247 g/mol. The number of aromatic nitrogens is 1. The topological polar surface area (TPSA) is 31.2 Å². The molecule has 0 aliphatic heterocycles. The first kappa shape index (κ1) is 12.4. The van der Waals surface area contributed by atoms with Gasteiger partial charge in [0, 0.05) is 18.3 Å². The summed E-state index contributed by atoms with van der Waals surface area (Å²) in [5.74, 6) is -0.686. The summed E-state index contributed by atoms with van der Waals surface area (Å²) < 4.78 is 19.5. The van der Waals surface area contributed by atoms with Gasteiger partial charge in [0.05, 0.1) is 7.11 Å². The normalized spacial score (nSPS) is 10.4. The summed E-state index contributed by atoms with van der Waals surface area (Å²) in [5, 5.41) is 0. The second kappa shape index (κ2) is 5.04. The average Bonchev–Trinajstić information content (AvgIpc) is 2.82. The van der Waals surface area contributed by atoms with Crippen LogP contribution in [0.4, 0.5) is 4.39 Å². The first-order chi connectivity index (χ1) is 8.67. The number of benzene rings is 1. The fraction of sp³-hybridized carbons (Fsp3) is 0.214. The molecule has 0 saturated carbocycles. The van der Waals surface area contributed by atoms with Gasteiger partial charge in [-0.3, -0.25) is 0 Å². The highest BCUT2D eigenvalue weighted by molar-refractivity contribution is 5.95. The van der Waals surface area contributed by atoms with Crippen molar-refractivity contribution in [1.82, 2.24) is 4.57 Å². The van der Waals surface area contributed by atoms with E-state index >= 15 is 0 Å². The van der Waals surface area contributed by atoms with Gasteiger partial charge in [0.1, 0.15) is 11.5 Å². The van der Waals surface area contributed by atoms with Gasteiger partial charge in [0.15, 0.2) is 0 Å². The third kappa shape index (κ3) is 2.14. The lowest BCUT2D eigenvalue weighted by Gasteiger charge is -2.07. The molecule has 0 saturated heterocycles. The van der Waals surface area contributed by atoms with Crippen LogP contribution in [0.25, 0.3) is 11.1 Å². The van der Waals surface area contributed by atoms with Gasteiger partial charge in [-0.15, -0.1) is 0 Å². The largest absolute Gasteiger partial charge is 0.464 e. The molecular weight excluding hydrogens is 233 g/mol. The third-order valence-corrected chi connectivity index (χ3v) is 2.84. The molecule has 0 bridgehead atoms. The molecule has 0 spiro atoms. The second-order valence-electron chi connectivity index (χ2n) is 3.86. The van der Waals surface area contributed by atoms with E-state index in [-0.39, 0.29) is 11.8 Å². The van der Waals surface area contributed by atoms with E-state index in [0.717, 1.165) is 11.1 Å². The Kier molecular flexibility index (Phi) is 3.46. The van der Waals surface area contributed by atoms with E-state index in [4.69, 9.17) is 4.74 Å². The molecule has 0 N–H and O–H groups in total. The fourth-order valence-electron chi connectivity index (χ4n) is 1.92. The number of halogens is 1. The van der Waals surface area contributed by atoms with Gasteiger partial charge in [0.25, 0.3) is 0 Å². The number of hydrogen-bond donors (Lipinski definition) is 0. The van der Waals surface area contributed by atoms with Crippen molar-refractivity contribution in [2.45, 2.75) is 13.5 Å². The van der Waals surface area contributed by atoms with E-state index in [1.54, 1.807) is 12.1 Å². The minimum atomic E-state index is -0.388. The molecule has 2 rings (SSSR count). The number of carbonyl (C=O) groups excluding carboxylic acids is 1. The van der Waals surface area contributed by atoms with E-state index in [1.165, 1.54) is 19.2 Å². The van der Waals surface area contributed by atoms with Crippen LogP contribution >= 0.6 is 0 Å². The number of ether oxygens (including phenoxy) is 1. The van der Waals surface area contributed by atoms with Crippen molar-refractivity contribution in [3.8, 4) is 11.1 Å². The van der Waals surface area contributed by atoms with Gasteiger partial charge < -0.3 is 9.30 Å². The van der Waals surface area contributed by atoms with Gasteiger partial charge >= 0.3 is 5.97 Å². The van der Waals surface area contributed by atoms with Crippen molar-refractivity contribution < 1.29 is 13.9 Å². The van der Waals surface area contributed by atoms with E-state index in [2.05, 4.69) is 0 Å². The predicted octanol–water partition coefficient (Wildman–Crippen LogP) is 3.10. The molecule has 0 unspecified atom stereocenters. The zero-order valence-electron chi connectivity index (χ0n) is 10.3. The number of carbonyl (C=O) groups is 1. The van der Waals surface area contributed by atoms with Crippen LogP contribution in [-0.4, -0.2) is 17.6 Å². The minimum Gasteiger partial charge on any atom is -0.464 e. The molecule has 3 nitrogen and oxygen atoms in total. The molecule has 1 aromatic heterocycles. The maximum absolute atomic E-state index is 12.9. The molecule has 0 aliphatic carbocycles. The van der Waals surface area contributed by atoms with Crippen molar-refractivity contribution >= 4 is 5.97 Å². The molecule has 1 aromatic carbocycles. The van der Waals surface area contributed by atoms with Crippen LogP contribution in [0.1, 0.15) is 17.4 Å². The molecular formula is C14H14FNO2. The Morgan fingerprint density at radius 3 is 2.50 bits per heavy atom. The van der Waals surface area contributed by atoms with Crippen LogP contribution in [0.2, 0.25) is 0 Å². The summed E-state index contributed by atoms with van der Waals surface area (Å²) in [4.78, 5) is 11.8. The Morgan fingerprint density at radius 2 is 1.94 bits per heavy atom. The lowest BCUT2D eigenvalue weighted by atomic mass is 10.1.